The molecule has 1 aromatic rings. The van der Waals surface area contributed by atoms with E-state index in [-0.39, 0.29) is 5.02 Å². The van der Waals surface area contributed by atoms with Crippen LogP contribution in [0.3, 0.4) is 0 Å². The van der Waals surface area contributed by atoms with E-state index >= 15 is 0 Å². The Morgan fingerprint density at radius 3 is 2.63 bits per heavy atom. The molecule has 0 bridgehead atoms. The number of benzene rings is 1. The smallest absolute Gasteiger partial charge is 0.247 e. The summed E-state index contributed by atoms with van der Waals surface area (Å²) in [4.78, 5) is 10.1. The Morgan fingerprint density at radius 1 is 1.53 bits per heavy atom. The van der Waals surface area contributed by atoms with Gasteiger partial charge in [-0.3, -0.25) is 4.79 Å². The normalized spacial score (nSPS) is 13.2. The van der Waals surface area contributed by atoms with Crippen molar-refractivity contribution in [3.63, 3.8) is 0 Å². The highest BCUT2D eigenvalue weighted by molar-refractivity contribution is 7.89. The van der Waals surface area contributed by atoms with Crippen LogP contribution in [0.25, 0.3) is 0 Å². The number of nitrogens with two attached hydrogens (primary N) is 2. The van der Waals surface area contributed by atoms with Gasteiger partial charge in [-0.1, -0.05) is 11.6 Å². The molecule has 1 unspecified atom stereocenters. The lowest BCUT2D eigenvalue weighted by Crippen LogP contribution is -2.40. The lowest BCUT2D eigenvalue weighted by atomic mass is 10.3. The zero-order valence-electron chi connectivity index (χ0n) is 9.43. The van der Waals surface area contributed by atoms with E-state index in [2.05, 4.69) is 0 Å². The molecule has 0 radical (unpaired) electrons. The Bertz CT molecular complexity index is 608. The third-order valence-electron chi connectivity index (χ3n) is 2.14. The first-order valence-electron chi connectivity index (χ1n) is 4.86. The number of rotatable bonds is 5. The van der Waals surface area contributed by atoms with Crippen molar-refractivity contribution < 1.29 is 22.7 Å². The SMILES string of the molecule is NC(=O)C(O)CNS(=O)(=O)c1cc(N)c(F)cc1Cl. The summed E-state index contributed by atoms with van der Waals surface area (Å²) in [5.41, 5.74) is 9.60. The van der Waals surface area contributed by atoms with E-state index in [1.807, 2.05) is 4.72 Å². The molecule has 7 nitrogen and oxygen atoms in total. The molecule has 0 spiro atoms. The van der Waals surface area contributed by atoms with Crippen LogP contribution in [0.4, 0.5) is 10.1 Å². The maximum Gasteiger partial charge on any atom is 0.247 e. The minimum Gasteiger partial charge on any atom is -0.396 e. The number of nitrogen functional groups attached to an aromatic ring is 1. The fraction of sp³-hybridized carbons (Fsp3) is 0.222. The zero-order valence-corrected chi connectivity index (χ0v) is 11.0. The maximum absolute atomic E-state index is 13.0. The van der Waals surface area contributed by atoms with Crippen molar-refractivity contribution in [3.8, 4) is 0 Å². The molecule has 0 saturated heterocycles. The number of amides is 1. The summed E-state index contributed by atoms with van der Waals surface area (Å²) in [6.07, 6.45) is -1.69. The molecule has 0 aliphatic rings. The van der Waals surface area contributed by atoms with Crippen molar-refractivity contribution in [2.24, 2.45) is 5.73 Å². The average molecular weight is 312 g/mol. The largest absolute Gasteiger partial charge is 0.396 e. The van der Waals surface area contributed by atoms with Crippen molar-refractivity contribution in [1.82, 2.24) is 4.72 Å². The first kappa shape index (κ1) is 15.6. The van der Waals surface area contributed by atoms with Crippen LogP contribution in [0.5, 0.6) is 0 Å². The van der Waals surface area contributed by atoms with Crippen LogP contribution in [-0.4, -0.2) is 32.1 Å². The first-order chi connectivity index (χ1) is 8.65. The number of carbonyl (C=O) groups excluding carboxylic acids is 1. The lowest BCUT2D eigenvalue weighted by Gasteiger charge is -2.11. The number of aliphatic hydroxyl groups is 1. The number of aliphatic hydroxyl groups excluding tert-OH is 1. The fourth-order valence-electron chi connectivity index (χ4n) is 1.12. The lowest BCUT2D eigenvalue weighted by molar-refractivity contribution is -0.125. The van der Waals surface area contributed by atoms with Gasteiger partial charge >= 0.3 is 0 Å². The predicted octanol–water partition coefficient (Wildman–Crippen LogP) is -0.814. The molecule has 6 N–H and O–H groups in total. The molecular weight excluding hydrogens is 301 g/mol. The third kappa shape index (κ3) is 3.77. The minimum atomic E-state index is -4.16. The summed E-state index contributed by atoms with van der Waals surface area (Å²) in [6, 6.07) is 1.58. The number of sulfonamides is 1. The number of halogens is 2. The Kier molecular flexibility index (Phi) is 4.69. The molecule has 1 atom stereocenters. The van der Waals surface area contributed by atoms with E-state index in [9.17, 15) is 17.6 Å². The molecule has 0 heterocycles. The molecule has 19 heavy (non-hydrogen) atoms. The van der Waals surface area contributed by atoms with Crippen molar-refractivity contribution in [1.29, 1.82) is 0 Å². The molecular formula is C9H11ClFN3O4S. The topological polar surface area (TPSA) is 136 Å². The second-order valence-corrected chi connectivity index (χ2v) is 5.72. The van der Waals surface area contributed by atoms with Crippen LogP contribution in [0.15, 0.2) is 17.0 Å². The fourth-order valence-corrected chi connectivity index (χ4v) is 2.70. The minimum absolute atomic E-state index is 0.382. The van der Waals surface area contributed by atoms with E-state index < -0.39 is 45.0 Å². The van der Waals surface area contributed by atoms with Gasteiger partial charge in [-0.15, -0.1) is 0 Å². The van der Waals surface area contributed by atoms with Crippen LogP contribution in [0, 0.1) is 5.82 Å². The van der Waals surface area contributed by atoms with Crippen LogP contribution >= 0.6 is 11.6 Å². The number of anilines is 1. The van der Waals surface area contributed by atoms with Crippen molar-refractivity contribution >= 4 is 33.2 Å². The molecule has 0 aromatic heterocycles. The van der Waals surface area contributed by atoms with Gasteiger partial charge in [0.15, 0.2) is 0 Å². The summed E-state index contributed by atoms with van der Waals surface area (Å²) < 4.78 is 38.6. The highest BCUT2D eigenvalue weighted by atomic mass is 35.5. The van der Waals surface area contributed by atoms with Crippen LogP contribution < -0.4 is 16.2 Å². The summed E-state index contributed by atoms with van der Waals surface area (Å²) in [5, 5.41) is 8.70. The Labute approximate surface area is 113 Å². The summed E-state index contributed by atoms with van der Waals surface area (Å²) in [7, 11) is -4.16. The second kappa shape index (κ2) is 5.70. The van der Waals surface area contributed by atoms with Crippen molar-refractivity contribution in [2.75, 3.05) is 12.3 Å². The summed E-state index contributed by atoms with van der Waals surface area (Å²) in [6.45, 7) is -0.634. The molecule has 0 fully saturated rings. The highest BCUT2D eigenvalue weighted by Gasteiger charge is 2.22. The molecule has 106 valence electrons. The Morgan fingerprint density at radius 2 is 2.11 bits per heavy atom. The molecule has 10 heteroatoms. The zero-order chi connectivity index (χ0) is 14.8. The molecule has 1 aromatic carbocycles. The number of primary amides is 1. The van der Waals surface area contributed by atoms with Gasteiger partial charge in [0.1, 0.15) is 16.8 Å². The van der Waals surface area contributed by atoms with Crippen LogP contribution in [0.2, 0.25) is 5.02 Å². The van der Waals surface area contributed by atoms with Crippen LogP contribution in [-0.2, 0) is 14.8 Å². The molecule has 1 rings (SSSR count). The van der Waals surface area contributed by atoms with E-state index in [0.29, 0.717) is 0 Å². The van der Waals surface area contributed by atoms with Gasteiger partial charge in [0, 0.05) is 6.54 Å². The van der Waals surface area contributed by atoms with Crippen molar-refractivity contribution in [2.45, 2.75) is 11.0 Å². The highest BCUT2D eigenvalue weighted by Crippen LogP contribution is 2.26. The van der Waals surface area contributed by atoms with Gasteiger partial charge in [-0.2, -0.15) is 0 Å². The maximum atomic E-state index is 13.0. The number of carbonyl (C=O) groups is 1. The van der Waals surface area contributed by atoms with E-state index in [0.717, 1.165) is 12.1 Å². The number of nitrogens with one attached hydrogen (secondary N) is 1. The summed E-state index contributed by atoms with van der Waals surface area (Å²) >= 11 is 5.60. The number of hydrogen-bond acceptors (Lipinski definition) is 5. The Balaban J connectivity index is 3.01. The van der Waals surface area contributed by atoms with E-state index in [1.54, 1.807) is 0 Å². The van der Waals surface area contributed by atoms with Gasteiger partial charge in [0.25, 0.3) is 0 Å². The molecule has 0 aliphatic carbocycles. The standard InChI is InChI=1S/C9H11ClFN3O4S/c10-4-1-5(11)6(12)2-8(4)19(17,18)14-3-7(15)9(13)16/h1-2,7,14-15H,3,12H2,(H2,13,16). The quantitative estimate of drug-likeness (QED) is 0.527. The van der Waals surface area contributed by atoms with E-state index in [4.69, 9.17) is 28.2 Å². The third-order valence-corrected chi connectivity index (χ3v) is 4.02. The van der Waals surface area contributed by atoms with Crippen LogP contribution in [0.1, 0.15) is 0 Å². The Hall–Kier alpha value is -1.42. The van der Waals surface area contributed by atoms with Gasteiger partial charge in [0.05, 0.1) is 10.7 Å². The summed E-state index contributed by atoms with van der Waals surface area (Å²) in [5.74, 6) is -1.95. The first-order valence-corrected chi connectivity index (χ1v) is 6.73. The average Bonchev–Trinajstić information content (AvgIpc) is 2.30. The number of hydrogen-bond donors (Lipinski definition) is 4. The molecule has 0 aliphatic heterocycles. The van der Waals surface area contributed by atoms with Gasteiger partial charge < -0.3 is 16.6 Å². The monoisotopic (exact) mass is 311 g/mol. The predicted molar refractivity (Wildman–Crippen MR) is 66.2 cm³/mol. The van der Waals surface area contributed by atoms with Gasteiger partial charge in [-0.05, 0) is 12.1 Å². The molecule has 1 amide bonds. The molecule has 0 saturated carbocycles. The van der Waals surface area contributed by atoms with E-state index in [1.165, 1.54) is 0 Å². The van der Waals surface area contributed by atoms with Gasteiger partial charge in [0.2, 0.25) is 15.9 Å². The van der Waals surface area contributed by atoms with Gasteiger partial charge in [-0.25, -0.2) is 17.5 Å². The van der Waals surface area contributed by atoms with Crippen molar-refractivity contribution in [3.05, 3.63) is 23.0 Å². The second-order valence-electron chi connectivity index (χ2n) is 3.57.